The largest absolute Gasteiger partial charge is 0.352 e. The molecule has 0 spiro atoms. The number of benzene rings is 2. The number of nitrogens with zero attached hydrogens (tertiary/aromatic N) is 1. The minimum Gasteiger partial charge on any atom is -0.352 e. The van der Waals surface area contributed by atoms with Gasteiger partial charge in [-0.25, -0.2) is 0 Å². The second-order valence-corrected chi connectivity index (χ2v) is 9.21. The van der Waals surface area contributed by atoms with Gasteiger partial charge in [0.05, 0.1) is 5.75 Å². The van der Waals surface area contributed by atoms with Gasteiger partial charge in [0, 0.05) is 22.0 Å². The van der Waals surface area contributed by atoms with Gasteiger partial charge in [-0.1, -0.05) is 52.7 Å². The molecule has 0 saturated carbocycles. The van der Waals surface area contributed by atoms with Gasteiger partial charge in [-0.3, -0.25) is 9.59 Å². The maximum atomic E-state index is 13.1. The molecule has 0 aromatic heterocycles. The number of aryl methyl sites for hydroxylation is 1. The van der Waals surface area contributed by atoms with Crippen LogP contribution in [-0.4, -0.2) is 34.6 Å². The average molecular weight is 477 g/mol. The van der Waals surface area contributed by atoms with Crippen LogP contribution in [0.5, 0.6) is 0 Å². The van der Waals surface area contributed by atoms with Crippen LogP contribution in [0.25, 0.3) is 0 Å². The zero-order valence-corrected chi connectivity index (χ0v) is 19.8. The molecule has 0 unspecified atom stereocenters. The van der Waals surface area contributed by atoms with Gasteiger partial charge in [-0.05, 0) is 57.0 Å². The Kier molecular flexibility index (Phi) is 9.24. The van der Waals surface area contributed by atoms with Crippen molar-refractivity contribution in [3.8, 4) is 0 Å². The maximum absolute atomic E-state index is 13.1. The number of halogens is 1. The molecule has 2 amide bonds. The minimum atomic E-state index is -0.547. The highest BCUT2D eigenvalue weighted by Crippen LogP contribution is 2.21. The van der Waals surface area contributed by atoms with Crippen LogP contribution in [0.3, 0.4) is 0 Å². The van der Waals surface area contributed by atoms with Gasteiger partial charge in [-0.2, -0.15) is 0 Å². The molecule has 2 atom stereocenters. The number of carbonyl (C=O) groups is 2. The molecule has 0 aliphatic heterocycles. The smallest absolute Gasteiger partial charge is 0.242 e. The second-order valence-electron chi connectivity index (χ2n) is 7.25. The van der Waals surface area contributed by atoms with Crippen molar-refractivity contribution < 1.29 is 9.59 Å². The zero-order chi connectivity index (χ0) is 21.4. The third kappa shape index (κ3) is 7.52. The maximum Gasteiger partial charge on any atom is 0.242 e. The molecule has 29 heavy (non-hydrogen) atoms. The molecule has 4 nitrogen and oxygen atoms in total. The van der Waals surface area contributed by atoms with E-state index in [1.165, 1.54) is 17.3 Å². The lowest BCUT2D eigenvalue weighted by molar-refractivity contribution is -0.138. The van der Waals surface area contributed by atoms with Crippen molar-refractivity contribution >= 4 is 39.5 Å². The van der Waals surface area contributed by atoms with E-state index in [0.717, 1.165) is 21.4 Å². The average Bonchev–Trinajstić information content (AvgIpc) is 2.70. The fourth-order valence-electron chi connectivity index (χ4n) is 2.74. The van der Waals surface area contributed by atoms with Crippen LogP contribution in [0, 0.1) is 6.92 Å². The van der Waals surface area contributed by atoms with Crippen LogP contribution < -0.4 is 5.32 Å². The van der Waals surface area contributed by atoms with Crippen LogP contribution >= 0.6 is 27.7 Å². The highest BCUT2D eigenvalue weighted by molar-refractivity contribution is 9.10. The molecule has 2 rings (SSSR count). The second kappa shape index (κ2) is 11.4. The molecule has 1 N–H and O–H groups in total. The van der Waals surface area contributed by atoms with Crippen LogP contribution in [0.2, 0.25) is 0 Å². The van der Waals surface area contributed by atoms with E-state index in [9.17, 15) is 9.59 Å². The molecule has 0 aliphatic carbocycles. The predicted octanol–water partition coefficient (Wildman–Crippen LogP) is 5.18. The monoisotopic (exact) mass is 476 g/mol. The lowest BCUT2D eigenvalue weighted by Crippen LogP contribution is -2.50. The van der Waals surface area contributed by atoms with Gasteiger partial charge in [0.2, 0.25) is 11.8 Å². The third-order valence-electron chi connectivity index (χ3n) is 4.79. The Morgan fingerprint density at radius 2 is 1.83 bits per heavy atom. The summed E-state index contributed by atoms with van der Waals surface area (Å²) in [6.45, 7) is 8.22. The van der Waals surface area contributed by atoms with Crippen LogP contribution in [-0.2, 0) is 16.1 Å². The van der Waals surface area contributed by atoms with E-state index in [1.54, 1.807) is 11.8 Å². The van der Waals surface area contributed by atoms with Crippen molar-refractivity contribution in [1.82, 2.24) is 10.2 Å². The Labute approximate surface area is 186 Å². The van der Waals surface area contributed by atoms with E-state index in [2.05, 4.69) is 21.2 Å². The summed E-state index contributed by atoms with van der Waals surface area (Å²) < 4.78 is 0.952. The van der Waals surface area contributed by atoms with Crippen LogP contribution in [0.15, 0.2) is 57.9 Å². The molecule has 0 heterocycles. The molecule has 0 fully saturated rings. The Balaban J connectivity index is 2.14. The SMILES string of the molecule is CC[C@H](C)NC(=O)[C@H](C)N(Cc1cccc(Br)c1)C(=O)CSc1ccc(C)cc1. The van der Waals surface area contributed by atoms with E-state index in [-0.39, 0.29) is 23.6 Å². The van der Waals surface area contributed by atoms with E-state index >= 15 is 0 Å². The van der Waals surface area contributed by atoms with E-state index in [1.807, 2.05) is 69.3 Å². The first-order chi connectivity index (χ1) is 13.8. The first kappa shape index (κ1) is 23.5. The fourth-order valence-corrected chi connectivity index (χ4v) is 3.97. The van der Waals surface area contributed by atoms with Gasteiger partial charge in [0.1, 0.15) is 6.04 Å². The van der Waals surface area contributed by atoms with Gasteiger partial charge in [0.15, 0.2) is 0 Å². The van der Waals surface area contributed by atoms with E-state index in [0.29, 0.717) is 6.54 Å². The number of hydrogen-bond donors (Lipinski definition) is 1. The standard InChI is InChI=1S/C23H29BrN2O2S/c1-5-17(3)25-23(28)18(4)26(14-19-7-6-8-20(24)13-19)22(27)15-29-21-11-9-16(2)10-12-21/h6-13,17-18H,5,14-15H2,1-4H3,(H,25,28)/t17-,18-/m0/s1. The summed E-state index contributed by atoms with van der Waals surface area (Å²) in [5.74, 6) is 0.114. The quantitative estimate of drug-likeness (QED) is 0.507. The molecule has 2 aromatic carbocycles. The Morgan fingerprint density at radius 1 is 1.14 bits per heavy atom. The predicted molar refractivity (Wildman–Crippen MR) is 124 cm³/mol. The molecule has 156 valence electrons. The molecule has 0 saturated heterocycles. The third-order valence-corrected chi connectivity index (χ3v) is 6.28. The number of nitrogens with one attached hydrogen (secondary N) is 1. The molecule has 0 radical (unpaired) electrons. The van der Waals surface area contributed by atoms with Crippen molar-refractivity contribution in [2.24, 2.45) is 0 Å². The number of carbonyl (C=O) groups excluding carboxylic acids is 2. The number of thioether (sulfide) groups is 1. The summed E-state index contributed by atoms with van der Waals surface area (Å²) in [5.41, 5.74) is 2.17. The van der Waals surface area contributed by atoms with Crippen molar-refractivity contribution in [1.29, 1.82) is 0 Å². The highest BCUT2D eigenvalue weighted by atomic mass is 79.9. The van der Waals surface area contributed by atoms with Gasteiger partial charge in [0.25, 0.3) is 0 Å². The van der Waals surface area contributed by atoms with Crippen molar-refractivity contribution in [2.75, 3.05) is 5.75 Å². The Morgan fingerprint density at radius 3 is 2.45 bits per heavy atom. The lowest BCUT2D eigenvalue weighted by Gasteiger charge is -2.29. The topological polar surface area (TPSA) is 49.4 Å². The van der Waals surface area contributed by atoms with Crippen molar-refractivity contribution in [3.05, 3.63) is 64.1 Å². The number of hydrogen-bond acceptors (Lipinski definition) is 3. The van der Waals surface area contributed by atoms with Crippen molar-refractivity contribution in [3.63, 3.8) is 0 Å². The first-order valence-electron chi connectivity index (χ1n) is 9.84. The zero-order valence-electron chi connectivity index (χ0n) is 17.4. The highest BCUT2D eigenvalue weighted by Gasteiger charge is 2.26. The van der Waals surface area contributed by atoms with Gasteiger partial charge >= 0.3 is 0 Å². The van der Waals surface area contributed by atoms with E-state index in [4.69, 9.17) is 0 Å². The number of rotatable bonds is 9. The van der Waals surface area contributed by atoms with Crippen molar-refractivity contribution in [2.45, 2.75) is 57.6 Å². The molecular weight excluding hydrogens is 448 g/mol. The minimum absolute atomic E-state index is 0.0534. The number of amides is 2. The summed E-state index contributed by atoms with van der Waals surface area (Å²) in [4.78, 5) is 28.5. The van der Waals surface area contributed by atoms with Gasteiger partial charge < -0.3 is 10.2 Å². The first-order valence-corrected chi connectivity index (χ1v) is 11.6. The fraction of sp³-hybridized carbons (Fsp3) is 0.391. The summed E-state index contributed by atoms with van der Waals surface area (Å²) in [5, 5.41) is 2.99. The normalized spacial score (nSPS) is 12.9. The van der Waals surface area contributed by atoms with Crippen LogP contribution in [0.4, 0.5) is 0 Å². The summed E-state index contributed by atoms with van der Waals surface area (Å²) in [6.07, 6.45) is 0.849. The van der Waals surface area contributed by atoms with E-state index < -0.39 is 6.04 Å². The Bertz CT molecular complexity index is 826. The summed E-state index contributed by atoms with van der Waals surface area (Å²) in [7, 11) is 0. The van der Waals surface area contributed by atoms with Gasteiger partial charge in [-0.15, -0.1) is 11.8 Å². The van der Waals surface area contributed by atoms with Crippen LogP contribution in [0.1, 0.15) is 38.3 Å². The molecule has 2 aromatic rings. The molecule has 6 heteroatoms. The Hall–Kier alpha value is -1.79. The summed E-state index contributed by atoms with van der Waals surface area (Å²) >= 11 is 4.97. The molecule has 0 bridgehead atoms. The summed E-state index contributed by atoms with van der Waals surface area (Å²) in [6, 6.07) is 15.5. The molecular formula is C23H29BrN2O2S. The molecule has 0 aliphatic rings. The lowest BCUT2D eigenvalue weighted by atomic mass is 10.1.